The van der Waals surface area contributed by atoms with Crippen LogP contribution in [0.3, 0.4) is 0 Å². The van der Waals surface area contributed by atoms with Gasteiger partial charge in [0.05, 0.1) is 12.8 Å². The van der Waals surface area contributed by atoms with Crippen molar-refractivity contribution in [3.63, 3.8) is 0 Å². The first-order valence-electron chi connectivity index (χ1n) is 8.18. The Morgan fingerprint density at radius 3 is 2.59 bits per heavy atom. The zero-order valence-electron chi connectivity index (χ0n) is 15.1. The van der Waals surface area contributed by atoms with Crippen molar-refractivity contribution in [3.8, 4) is 17.0 Å². The van der Waals surface area contributed by atoms with E-state index in [0.717, 1.165) is 43.8 Å². The summed E-state index contributed by atoms with van der Waals surface area (Å²) >= 11 is 7.81. The van der Waals surface area contributed by atoms with E-state index in [1.54, 1.807) is 18.4 Å². The van der Waals surface area contributed by atoms with Gasteiger partial charge in [-0.15, -0.1) is 23.7 Å². The molecule has 1 N–H and O–H groups in total. The van der Waals surface area contributed by atoms with Gasteiger partial charge < -0.3 is 14.6 Å². The first kappa shape index (κ1) is 19.5. The maximum atomic E-state index is 6.23. The number of ether oxygens (including phenoxy) is 1. The molecule has 0 spiro atoms. The monoisotopic (exact) mass is 419 g/mol. The number of benzene rings is 2. The molecule has 4 aromatic rings. The molecule has 4 nitrogen and oxygen atoms in total. The number of rotatable bonds is 4. The van der Waals surface area contributed by atoms with Gasteiger partial charge in [-0.25, -0.2) is 4.98 Å². The summed E-state index contributed by atoms with van der Waals surface area (Å²) in [4.78, 5) is 4.79. The van der Waals surface area contributed by atoms with Crippen molar-refractivity contribution in [2.75, 3.05) is 12.4 Å². The van der Waals surface area contributed by atoms with Gasteiger partial charge in [-0.05, 0) is 49.4 Å². The van der Waals surface area contributed by atoms with Crippen LogP contribution in [0.1, 0.15) is 5.69 Å². The van der Waals surface area contributed by atoms with Crippen LogP contribution >= 0.6 is 35.3 Å². The van der Waals surface area contributed by atoms with Crippen LogP contribution in [0.15, 0.2) is 47.8 Å². The molecule has 2 aromatic carbocycles. The number of aryl methyl sites for hydroxylation is 1. The number of nitrogens with one attached hydrogen (secondary N) is 1. The third kappa shape index (κ3) is 3.63. The minimum atomic E-state index is 0. The first-order chi connectivity index (χ1) is 12.6. The van der Waals surface area contributed by atoms with Gasteiger partial charge in [-0.1, -0.05) is 11.6 Å². The molecule has 7 heteroatoms. The highest BCUT2D eigenvalue weighted by Crippen LogP contribution is 2.37. The highest BCUT2D eigenvalue weighted by Gasteiger charge is 2.16. The Hall–Kier alpha value is -2.21. The third-order valence-corrected chi connectivity index (χ3v) is 5.55. The number of aromatic nitrogens is 2. The van der Waals surface area contributed by atoms with Gasteiger partial charge in [0, 0.05) is 45.3 Å². The number of thiazole rings is 1. The Bertz CT molecular complexity index is 1090. The molecule has 0 amide bonds. The van der Waals surface area contributed by atoms with Crippen LogP contribution in [0.4, 0.5) is 10.8 Å². The number of hydrogen-bond acceptors (Lipinski definition) is 4. The Kier molecular flexibility index (Phi) is 5.65. The van der Waals surface area contributed by atoms with E-state index in [1.165, 1.54) is 5.69 Å². The fourth-order valence-corrected chi connectivity index (χ4v) is 4.01. The highest BCUT2D eigenvalue weighted by molar-refractivity contribution is 7.14. The molecule has 4 rings (SSSR count). The predicted octanol–water partition coefficient (Wildman–Crippen LogP) is 6.44. The fourth-order valence-electron chi connectivity index (χ4n) is 3.11. The second-order valence-corrected chi connectivity index (χ2v) is 7.37. The van der Waals surface area contributed by atoms with Gasteiger partial charge in [0.1, 0.15) is 5.75 Å². The molecule has 2 heterocycles. The van der Waals surface area contributed by atoms with E-state index < -0.39 is 0 Å². The maximum absolute atomic E-state index is 6.23. The van der Waals surface area contributed by atoms with Crippen LogP contribution in [0, 0.1) is 6.92 Å². The van der Waals surface area contributed by atoms with E-state index in [-0.39, 0.29) is 12.4 Å². The molecule has 0 unspecified atom stereocenters. The van der Waals surface area contributed by atoms with Crippen molar-refractivity contribution in [1.82, 2.24) is 9.55 Å². The number of halogens is 2. The summed E-state index contributed by atoms with van der Waals surface area (Å²) in [5.74, 6) is 0.832. The Labute approximate surface area is 173 Å². The zero-order valence-corrected chi connectivity index (χ0v) is 17.5. The zero-order chi connectivity index (χ0) is 18.3. The Morgan fingerprint density at radius 1 is 1.15 bits per heavy atom. The average molecular weight is 420 g/mol. The van der Waals surface area contributed by atoms with Crippen molar-refractivity contribution in [3.05, 3.63) is 58.6 Å². The van der Waals surface area contributed by atoms with Crippen LogP contribution in [-0.4, -0.2) is 16.7 Å². The first-order valence-corrected chi connectivity index (χ1v) is 9.44. The predicted molar refractivity (Wildman–Crippen MR) is 117 cm³/mol. The van der Waals surface area contributed by atoms with Crippen LogP contribution < -0.4 is 10.1 Å². The van der Waals surface area contributed by atoms with Gasteiger partial charge in [-0.2, -0.15) is 0 Å². The van der Waals surface area contributed by atoms with Gasteiger partial charge >= 0.3 is 0 Å². The number of methoxy groups -OCH3 is 1. The van der Waals surface area contributed by atoms with E-state index in [2.05, 4.69) is 35.3 Å². The summed E-state index contributed by atoms with van der Waals surface area (Å²) < 4.78 is 7.37. The summed E-state index contributed by atoms with van der Waals surface area (Å²) in [5.41, 5.74) is 5.38. The topological polar surface area (TPSA) is 39.1 Å². The largest absolute Gasteiger partial charge is 0.497 e. The van der Waals surface area contributed by atoms with Crippen LogP contribution in [0.25, 0.3) is 22.2 Å². The van der Waals surface area contributed by atoms with E-state index in [4.69, 9.17) is 21.3 Å². The second kappa shape index (κ2) is 7.80. The average Bonchev–Trinajstić information content (AvgIpc) is 3.18. The molecule has 0 aliphatic rings. The molecule has 0 aliphatic heterocycles. The Morgan fingerprint density at radius 2 is 1.89 bits per heavy atom. The summed E-state index contributed by atoms with van der Waals surface area (Å²) in [6.45, 7) is 2.11. The van der Waals surface area contributed by atoms with Crippen molar-refractivity contribution < 1.29 is 4.74 Å². The van der Waals surface area contributed by atoms with Crippen molar-refractivity contribution in [2.24, 2.45) is 7.05 Å². The molecule has 0 saturated heterocycles. The molecule has 2 aromatic heterocycles. The van der Waals surface area contributed by atoms with E-state index in [0.29, 0.717) is 0 Å². The van der Waals surface area contributed by atoms with Crippen molar-refractivity contribution in [1.29, 1.82) is 0 Å². The summed E-state index contributed by atoms with van der Waals surface area (Å²) in [7, 11) is 3.73. The van der Waals surface area contributed by atoms with Crippen molar-refractivity contribution >= 4 is 57.1 Å². The molecule has 0 aliphatic carbocycles. The molecule has 0 radical (unpaired) electrons. The van der Waals surface area contributed by atoms with Gasteiger partial charge in [0.2, 0.25) is 0 Å². The number of fused-ring (bicyclic) bond motifs is 1. The third-order valence-electron chi connectivity index (χ3n) is 4.56. The molecule has 27 heavy (non-hydrogen) atoms. The molecule has 0 atom stereocenters. The van der Waals surface area contributed by atoms with Crippen LogP contribution in [0.5, 0.6) is 5.75 Å². The van der Waals surface area contributed by atoms with E-state index in [1.807, 2.05) is 36.4 Å². The molecule has 140 valence electrons. The molecule has 0 fully saturated rings. The minimum absolute atomic E-state index is 0. The Balaban J connectivity index is 0.00000210. The maximum Gasteiger partial charge on any atom is 0.187 e. The molecular weight excluding hydrogens is 401 g/mol. The molecule has 0 saturated carbocycles. The fraction of sp³-hybridized carbons (Fsp3) is 0.150. The second-order valence-electron chi connectivity index (χ2n) is 6.07. The lowest BCUT2D eigenvalue weighted by atomic mass is 10.1. The lowest BCUT2D eigenvalue weighted by molar-refractivity contribution is 0.415. The number of hydrogen-bond donors (Lipinski definition) is 1. The van der Waals surface area contributed by atoms with Gasteiger partial charge in [0.25, 0.3) is 0 Å². The summed E-state index contributed by atoms with van der Waals surface area (Å²) in [6, 6.07) is 13.8. The lowest BCUT2D eigenvalue weighted by Crippen LogP contribution is -1.91. The molecule has 0 bridgehead atoms. The summed E-state index contributed by atoms with van der Waals surface area (Å²) in [6.07, 6.45) is 0. The smallest absolute Gasteiger partial charge is 0.187 e. The standard InChI is InChI=1S/C20H18ClN3OS.ClH/c1-12-19(16-10-13(21)4-9-18(16)24(12)2)17-11-26-20(23-17)22-14-5-7-15(25-3)8-6-14;/h4-11H,1-3H3,(H,22,23);1H. The number of anilines is 2. The minimum Gasteiger partial charge on any atom is -0.497 e. The SMILES string of the molecule is COc1ccc(Nc2nc(-c3c(C)n(C)c4ccc(Cl)cc34)cs2)cc1.Cl. The molecular formula is C20H19Cl2N3OS. The van der Waals surface area contributed by atoms with E-state index >= 15 is 0 Å². The normalized spacial score (nSPS) is 10.7. The van der Waals surface area contributed by atoms with Crippen LogP contribution in [0.2, 0.25) is 5.02 Å². The number of nitrogens with zero attached hydrogens (tertiary/aromatic N) is 2. The van der Waals surface area contributed by atoms with Gasteiger partial charge in [0.15, 0.2) is 5.13 Å². The summed E-state index contributed by atoms with van der Waals surface area (Å²) in [5, 5.41) is 8.13. The van der Waals surface area contributed by atoms with Crippen LogP contribution in [-0.2, 0) is 7.05 Å². The van der Waals surface area contributed by atoms with Crippen molar-refractivity contribution in [2.45, 2.75) is 6.92 Å². The highest BCUT2D eigenvalue weighted by atomic mass is 35.5. The van der Waals surface area contributed by atoms with E-state index in [9.17, 15) is 0 Å². The lowest BCUT2D eigenvalue weighted by Gasteiger charge is -2.04. The quantitative estimate of drug-likeness (QED) is 0.413. The van der Waals surface area contributed by atoms with Gasteiger partial charge in [-0.3, -0.25) is 0 Å².